The van der Waals surface area contributed by atoms with Crippen molar-refractivity contribution < 1.29 is 28.3 Å². The van der Waals surface area contributed by atoms with Crippen LogP contribution in [0.2, 0.25) is 0 Å². The van der Waals surface area contributed by atoms with Crippen molar-refractivity contribution in [2.45, 2.75) is 44.8 Å². The van der Waals surface area contributed by atoms with Gasteiger partial charge in [-0.2, -0.15) is 0 Å². The van der Waals surface area contributed by atoms with Gasteiger partial charge < -0.3 is 10.1 Å². The molecule has 0 radical (unpaired) electrons. The average Bonchev–Trinajstić information content (AvgIpc) is 3.13. The van der Waals surface area contributed by atoms with Crippen molar-refractivity contribution in [3.63, 3.8) is 0 Å². The summed E-state index contributed by atoms with van der Waals surface area (Å²) < 4.78 is 20.5. The Bertz CT molecular complexity index is 1330. The number of carbonyl (C=O) groups excluding carboxylic acids is 4. The number of piperidine rings is 1. The number of imide groups is 2. The summed E-state index contributed by atoms with van der Waals surface area (Å²) >= 11 is 0. The zero-order valence-electron chi connectivity index (χ0n) is 20.9. The number of carbonyl (C=O) groups is 4. The Morgan fingerprint density at radius 3 is 2.58 bits per heavy atom. The highest BCUT2D eigenvalue weighted by Crippen LogP contribution is 2.40. The van der Waals surface area contributed by atoms with Gasteiger partial charge in [0.2, 0.25) is 11.8 Å². The van der Waals surface area contributed by atoms with Gasteiger partial charge in [0.1, 0.15) is 11.9 Å². The van der Waals surface area contributed by atoms with Gasteiger partial charge in [-0.15, -0.1) is 0 Å². The van der Waals surface area contributed by atoms with Crippen molar-refractivity contribution in [1.82, 2.24) is 15.1 Å². The van der Waals surface area contributed by atoms with E-state index in [-0.39, 0.29) is 36.3 Å². The summed E-state index contributed by atoms with van der Waals surface area (Å²) in [7, 11) is 0. The molecule has 2 N–H and O–H groups in total. The second-order valence-corrected chi connectivity index (χ2v) is 10.7. The Hall–Kier alpha value is -3.63. The first-order chi connectivity index (χ1) is 18.3. The van der Waals surface area contributed by atoms with Crippen molar-refractivity contribution in [3.8, 4) is 0 Å². The summed E-state index contributed by atoms with van der Waals surface area (Å²) in [5.41, 5.74) is 2.44. The molecule has 10 heteroatoms. The van der Waals surface area contributed by atoms with Gasteiger partial charge in [0.05, 0.1) is 11.1 Å². The quantitative estimate of drug-likeness (QED) is 0.564. The lowest BCUT2D eigenvalue weighted by Gasteiger charge is -2.52. The molecular formula is C28H29FN4O5. The largest absolute Gasteiger partial charge is 0.381 e. The minimum Gasteiger partial charge on any atom is -0.381 e. The molecule has 3 fully saturated rings. The number of hydrogen-bond acceptors (Lipinski definition) is 7. The summed E-state index contributed by atoms with van der Waals surface area (Å²) in [4.78, 5) is 53.3. The normalized spacial score (nSPS) is 22.9. The van der Waals surface area contributed by atoms with Crippen molar-refractivity contribution >= 4 is 29.3 Å². The number of nitrogens with one attached hydrogen (secondary N) is 2. The molecule has 198 valence electrons. The number of rotatable bonds is 6. The molecular weight excluding hydrogens is 491 g/mol. The fourth-order valence-electron chi connectivity index (χ4n) is 6.08. The first kappa shape index (κ1) is 24.7. The standard InChI is InChI=1S/C28H29FN4O5/c29-20-12-17(14-32-15-28(16-32)8-10-38-11-9-28)4-5-18(20)13-30-21-3-1-2-19-24(21)27(37)33(26(19)36)22-6-7-23(34)31-25(22)35/h1-5,12,22,30H,6-11,13-16H2,(H,31,34,35). The number of ether oxygens (including phenoxy) is 1. The summed E-state index contributed by atoms with van der Waals surface area (Å²) in [6.45, 7) is 4.50. The summed E-state index contributed by atoms with van der Waals surface area (Å²) in [5, 5.41) is 5.29. The average molecular weight is 521 g/mol. The lowest BCUT2D eigenvalue weighted by atomic mass is 9.73. The fourth-order valence-corrected chi connectivity index (χ4v) is 6.08. The molecule has 2 aromatic carbocycles. The fraction of sp³-hybridized carbons (Fsp3) is 0.429. The maximum Gasteiger partial charge on any atom is 0.264 e. The van der Waals surface area contributed by atoms with Crippen LogP contribution in [0.25, 0.3) is 0 Å². The highest BCUT2D eigenvalue weighted by Gasteiger charge is 2.46. The summed E-state index contributed by atoms with van der Waals surface area (Å²) in [5.74, 6) is -2.60. The molecule has 4 aliphatic heterocycles. The molecule has 9 nitrogen and oxygen atoms in total. The predicted octanol–water partition coefficient (Wildman–Crippen LogP) is 2.45. The first-order valence-corrected chi connectivity index (χ1v) is 13.0. The van der Waals surface area contributed by atoms with E-state index in [1.165, 1.54) is 6.07 Å². The smallest absolute Gasteiger partial charge is 0.264 e. The van der Waals surface area contributed by atoms with Crippen LogP contribution in [0.15, 0.2) is 36.4 Å². The molecule has 1 unspecified atom stereocenters. The monoisotopic (exact) mass is 520 g/mol. The van der Waals surface area contributed by atoms with Gasteiger partial charge in [0, 0.05) is 62.5 Å². The van der Waals surface area contributed by atoms with E-state index in [2.05, 4.69) is 15.5 Å². The Morgan fingerprint density at radius 2 is 1.84 bits per heavy atom. The second-order valence-electron chi connectivity index (χ2n) is 10.7. The highest BCUT2D eigenvalue weighted by molar-refractivity contribution is 6.25. The SMILES string of the molecule is O=C1CCC(N2C(=O)c3cccc(NCc4ccc(CN5CC6(CCOCC6)C5)cc4F)c3C2=O)C(=O)N1. The molecule has 0 bridgehead atoms. The maximum absolute atomic E-state index is 15.0. The van der Waals surface area contributed by atoms with Crippen LogP contribution in [0, 0.1) is 11.2 Å². The minimum absolute atomic E-state index is 0.0534. The van der Waals surface area contributed by atoms with Crippen molar-refractivity contribution in [1.29, 1.82) is 0 Å². The molecule has 2 aromatic rings. The van der Waals surface area contributed by atoms with Gasteiger partial charge in [-0.25, -0.2) is 4.39 Å². The molecule has 1 spiro atoms. The van der Waals surface area contributed by atoms with Gasteiger partial charge in [-0.1, -0.05) is 18.2 Å². The number of nitrogens with zero attached hydrogens (tertiary/aromatic N) is 2. The molecule has 3 saturated heterocycles. The molecule has 4 heterocycles. The number of fused-ring (bicyclic) bond motifs is 1. The summed E-state index contributed by atoms with van der Waals surface area (Å²) in [6.07, 6.45) is 2.32. The van der Waals surface area contributed by atoms with E-state index in [1.807, 2.05) is 6.07 Å². The number of halogens is 1. The number of amides is 4. The van der Waals surface area contributed by atoms with E-state index in [0.29, 0.717) is 23.2 Å². The first-order valence-electron chi connectivity index (χ1n) is 13.0. The second kappa shape index (κ2) is 9.59. The van der Waals surface area contributed by atoms with Crippen molar-refractivity contribution in [3.05, 3.63) is 64.5 Å². The van der Waals surface area contributed by atoms with Gasteiger partial charge in [-0.05, 0) is 43.0 Å². The van der Waals surface area contributed by atoms with Gasteiger partial charge >= 0.3 is 0 Å². The van der Waals surface area contributed by atoms with E-state index in [4.69, 9.17) is 4.74 Å². The van der Waals surface area contributed by atoms with Crippen LogP contribution in [-0.2, 0) is 27.4 Å². The zero-order valence-corrected chi connectivity index (χ0v) is 20.9. The predicted molar refractivity (Wildman–Crippen MR) is 135 cm³/mol. The van der Waals surface area contributed by atoms with Crippen LogP contribution in [0.5, 0.6) is 0 Å². The van der Waals surface area contributed by atoms with Gasteiger partial charge in [0.25, 0.3) is 11.8 Å². The van der Waals surface area contributed by atoms with Crippen LogP contribution in [0.4, 0.5) is 10.1 Å². The molecule has 0 saturated carbocycles. The van der Waals surface area contributed by atoms with Crippen LogP contribution < -0.4 is 10.6 Å². The topological polar surface area (TPSA) is 108 Å². The van der Waals surface area contributed by atoms with E-state index >= 15 is 0 Å². The molecule has 0 aliphatic carbocycles. The lowest BCUT2D eigenvalue weighted by Crippen LogP contribution is -2.57. The van der Waals surface area contributed by atoms with Crippen LogP contribution in [0.3, 0.4) is 0 Å². The third-order valence-electron chi connectivity index (χ3n) is 8.13. The number of likely N-dealkylation sites (tertiary alicyclic amines) is 1. The van der Waals surface area contributed by atoms with Crippen LogP contribution in [0.1, 0.15) is 57.5 Å². The number of benzene rings is 2. The third kappa shape index (κ3) is 4.37. The highest BCUT2D eigenvalue weighted by atomic mass is 19.1. The van der Waals surface area contributed by atoms with Crippen molar-refractivity contribution in [2.75, 3.05) is 31.6 Å². The maximum atomic E-state index is 15.0. The Morgan fingerprint density at radius 1 is 1.05 bits per heavy atom. The van der Waals surface area contributed by atoms with Gasteiger partial charge in [-0.3, -0.25) is 34.3 Å². The van der Waals surface area contributed by atoms with E-state index in [1.54, 1.807) is 24.3 Å². The van der Waals surface area contributed by atoms with E-state index < -0.39 is 29.7 Å². The van der Waals surface area contributed by atoms with Gasteiger partial charge in [0.15, 0.2) is 0 Å². The third-order valence-corrected chi connectivity index (χ3v) is 8.13. The molecule has 4 amide bonds. The molecule has 1 atom stereocenters. The number of hydrogen-bond donors (Lipinski definition) is 2. The van der Waals surface area contributed by atoms with Crippen LogP contribution in [-0.4, -0.2) is 65.8 Å². The van der Waals surface area contributed by atoms with Crippen LogP contribution >= 0.6 is 0 Å². The summed E-state index contributed by atoms with van der Waals surface area (Å²) in [6, 6.07) is 9.00. The Kier molecular flexibility index (Phi) is 6.23. The van der Waals surface area contributed by atoms with E-state index in [9.17, 15) is 23.6 Å². The van der Waals surface area contributed by atoms with Crippen molar-refractivity contribution in [2.24, 2.45) is 5.41 Å². The molecule has 0 aromatic heterocycles. The Balaban J connectivity index is 1.11. The molecule has 38 heavy (non-hydrogen) atoms. The minimum atomic E-state index is -1.04. The number of anilines is 1. The zero-order chi connectivity index (χ0) is 26.4. The lowest BCUT2D eigenvalue weighted by molar-refractivity contribution is -0.136. The molecule has 4 aliphatic rings. The Labute approximate surface area is 219 Å². The van der Waals surface area contributed by atoms with E-state index in [0.717, 1.165) is 49.6 Å². The molecule has 6 rings (SSSR count).